The monoisotopic (exact) mass is 509 g/mol. The summed E-state index contributed by atoms with van der Waals surface area (Å²) in [6, 6.07) is 12.8. The van der Waals surface area contributed by atoms with Crippen LogP contribution in [0, 0.1) is 6.92 Å². The fraction of sp³-hybridized carbons (Fsp3) is 0.190. The Hall–Kier alpha value is -2.36. The maximum absolute atomic E-state index is 13.2. The molecular weight excluding hydrogens is 490 g/mol. The lowest BCUT2D eigenvalue weighted by molar-refractivity contribution is 0.0602. The Morgan fingerprint density at radius 1 is 1.13 bits per heavy atom. The molecule has 1 N–H and O–H groups in total. The zero-order valence-corrected chi connectivity index (χ0v) is 19.8. The van der Waals surface area contributed by atoms with Crippen molar-refractivity contribution in [1.29, 1.82) is 0 Å². The summed E-state index contributed by atoms with van der Waals surface area (Å²) < 4.78 is 40.0. The fourth-order valence-electron chi connectivity index (χ4n) is 2.99. The number of ether oxygens (including phenoxy) is 2. The van der Waals surface area contributed by atoms with Crippen molar-refractivity contribution in [3.05, 3.63) is 73.9 Å². The van der Waals surface area contributed by atoms with Crippen LogP contribution in [-0.2, 0) is 21.2 Å². The van der Waals surface area contributed by atoms with Gasteiger partial charge in [-0.05, 0) is 53.3 Å². The average molecular weight is 510 g/mol. The van der Waals surface area contributed by atoms with Gasteiger partial charge in [0.25, 0.3) is 10.0 Å². The summed E-state index contributed by atoms with van der Waals surface area (Å²) in [6.07, 6.45) is 0.475. The number of rotatable bonds is 7. The number of anilines is 1. The second-order valence-electron chi connectivity index (χ2n) is 6.47. The van der Waals surface area contributed by atoms with Crippen molar-refractivity contribution in [3.63, 3.8) is 0 Å². The van der Waals surface area contributed by atoms with Crippen molar-refractivity contribution in [1.82, 2.24) is 0 Å². The van der Waals surface area contributed by atoms with Crippen LogP contribution in [0.5, 0.6) is 5.75 Å². The molecule has 158 valence electrons. The molecule has 3 rings (SSSR count). The molecular formula is C21H20BrNO5S2. The highest BCUT2D eigenvalue weighted by atomic mass is 79.9. The van der Waals surface area contributed by atoms with Crippen LogP contribution in [0.3, 0.4) is 0 Å². The van der Waals surface area contributed by atoms with Crippen LogP contribution in [0.25, 0.3) is 0 Å². The van der Waals surface area contributed by atoms with Gasteiger partial charge >= 0.3 is 5.97 Å². The molecule has 0 saturated carbocycles. The molecule has 0 spiro atoms. The number of aryl methyl sites for hydroxylation is 1. The van der Waals surface area contributed by atoms with E-state index < -0.39 is 16.0 Å². The first-order chi connectivity index (χ1) is 14.3. The minimum atomic E-state index is -4.02. The zero-order valence-electron chi connectivity index (χ0n) is 16.6. The van der Waals surface area contributed by atoms with Crippen LogP contribution < -0.4 is 9.46 Å². The van der Waals surface area contributed by atoms with Crippen molar-refractivity contribution >= 4 is 48.9 Å². The molecule has 30 heavy (non-hydrogen) atoms. The number of sulfonamides is 1. The van der Waals surface area contributed by atoms with Crippen molar-refractivity contribution in [2.24, 2.45) is 0 Å². The summed E-state index contributed by atoms with van der Waals surface area (Å²) >= 11 is 4.57. The van der Waals surface area contributed by atoms with E-state index in [0.717, 1.165) is 26.9 Å². The molecule has 0 amide bonds. The first-order valence-corrected chi connectivity index (χ1v) is 12.0. The van der Waals surface area contributed by atoms with Crippen LogP contribution in [-0.4, -0.2) is 28.6 Å². The Bertz CT molecular complexity index is 1190. The minimum Gasteiger partial charge on any atom is -0.497 e. The number of methoxy groups -OCH3 is 2. The lowest BCUT2D eigenvalue weighted by Gasteiger charge is -2.15. The Labute approximate surface area is 188 Å². The molecule has 6 nitrogen and oxygen atoms in total. The van der Waals surface area contributed by atoms with Gasteiger partial charge in [-0.1, -0.05) is 34.1 Å². The molecule has 0 unspecified atom stereocenters. The van der Waals surface area contributed by atoms with E-state index in [1.54, 1.807) is 37.6 Å². The predicted molar refractivity (Wildman–Crippen MR) is 121 cm³/mol. The molecule has 9 heteroatoms. The number of carbonyl (C=O) groups excluding carboxylic acids is 1. The van der Waals surface area contributed by atoms with E-state index in [9.17, 15) is 13.2 Å². The Kier molecular flexibility index (Phi) is 6.84. The summed E-state index contributed by atoms with van der Waals surface area (Å²) in [5, 5.41) is 1.62. The third-order valence-corrected chi connectivity index (χ3v) is 7.99. The molecule has 0 aliphatic rings. The third kappa shape index (κ3) is 4.69. The largest absolute Gasteiger partial charge is 0.497 e. The van der Waals surface area contributed by atoms with Crippen LogP contribution in [0.4, 0.5) is 5.69 Å². The number of benzene rings is 2. The quantitative estimate of drug-likeness (QED) is 0.452. The molecule has 0 aliphatic heterocycles. The average Bonchev–Trinajstić information content (AvgIpc) is 3.12. The highest BCUT2D eigenvalue weighted by molar-refractivity contribution is 9.10. The molecule has 1 aromatic heterocycles. The van der Waals surface area contributed by atoms with Gasteiger partial charge in [0.2, 0.25) is 0 Å². The molecule has 0 saturated heterocycles. The summed E-state index contributed by atoms with van der Waals surface area (Å²) in [6.45, 7) is 1.65. The summed E-state index contributed by atoms with van der Waals surface area (Å²) in [5.41, 5.74) is 2.62. The van der Waals surface area contributed by atoms with Crippen molar-refractivity contribution in [3.8, 4) is 5.75 Å². The fourth-order valence-corrected chi connectivity index (χ4v) is 6.22. The standard InChI is InChI=1S/C21H20BrNO5S2/c1-13-12-29-19(21(24)28-3)20(13)30(25,26)23-18-9-8-16(27-2)11-15(18)10-14-6-4-5-7-17(14)22/h4-9,11-12,23H,10H2,1-3H3. The summed E-state index contributed by atoms with van der Waals surface area (Å²) in [5.74, 6) is -0.0707. The Balaban J connectivity index is 2.04. The van der Waals surface area contributed by atoms with Gasteiger partial charge < -0.3 is 9.47 Å². The maximum atomic E-state index is 13.2. The number of esters is 1. The molecule has 0 fully saturated rings. The van der Waals surface area contributed by atoms with E-state index in [-0.39, 0.29) is 9.77 Å². The Morgan fingerprint density at radius 2 is 1.87 bits per heavy atom. The minimum absolute atomic E-state index is 0.0448. The van der Waals surface area contributed by atoms with E-state index in [1.165, 1.54) is 7.11 Å². The lowest BCUT2D eigenvalue weighted by atomic mass is 10.0. The SMILES string of the molecule is COC(=O)c1scc(C)c1S(=O)(=O)Nc1ccc(OC)cc1Cc1ccccc1Br. The Morgan fingerprint density at radius 3 is 2.53 bits per heavy atom. The third-order valence-electron chi connectivity index (χ3n) is 4.45. The van der Waals surface area contributed by atoms with E-state index in [4.69, 9.17) is 9.47 Å². The molecule has 0 aliphatic carbocycles. The van der Waals surface area contributed by atoms with Gasteiger partial charge in [-0.15, -0.1) is 11.3 Å². The van der Waals surface area contributed by atoms with E-state index in [1.807, 2.05) is 24.3 Å². The highest BCUT2D eigenvalue weighted by Crippen LogP contribution is 2.32. The van der Waals surface area contributed by atoms with Gasteiger partial charge in [0.15, 0.2) is 0 Å². The molecule has 1 heterocycles. The first kappa shape index (κ1) is 22.3. The normalized spacial score (nSPS) is 11.2. The number of nitrogens with one attached hydrogen (secondary N) is 1. The number of halogens is 1. The number of hydrogen-bond donors (Lipinski definition) is 1. The summed E-state index contributed by atoms with van der Waals surface area (Å²) in [7, 11) is -1.25. The molecule has 0 atom stereocenters. The van der Waals surface area contributed by atoms with Crippen molar-refractivity contribution < 1.29 is 22.7 Å². The van der Waals surface area contributed by atoms with Gasteiger partial charge in [0.05, 0.1) is 19.9 Å². The van der Waals surface area contributed by atoms with E-state index >= 15 is 0 Å². The lowest BCUT2D eigenvalue weighted by Crippen LogP contribution is -2.18. The molecule has 2 aromatic carbocycles. The molecule has 3 aromatic rings. The maximum Gasteiger partial charge on any atom is 0.349 e. The van der Waals surface area contributed by atoms with Gasteiger partial charge in [-0.2, -0.15) is 0 Å². The number of thiophene rings is 1. The van der Waals surface area contributed by atoms with Gasteiger partial charge in [0.1, 0.15) is 15.5 Å². The van der Waals surface area contributed by atoms with Crippen LogP contribution in [0.2, 0.25) is 0 Å². The number of hydrogen-bond acceptors (Lipinski definition) is 6. The predicted octanol–water partition coefficient (Wildman–Crippen LogP) is 5.01. The molecule has 0 bridgehead atoms. The smallest absolute Gasteiger partial charge is 0.349 e. The van der Waals surface area contributed by atoms with Crippen LogP contribution in [0.15, 0.2) is 57.2 Å². The van der Waals surface area contributed by atoms with E-state index in [2.05, 4.69) is 20.7 Å². The summed E-state index contributed by atoms with van der Waals surface area (Å²) in [4.78, 5) is 12.0. The molecule has 0 radical (unpaired) electrons. The highest BCUT2D eigenvalue weighted by Gasteiger charge is 2.28. The van der Waals surface area contributed by atoms with Crippen LogP contribution in [0.1, 0.15) is 26.4 Å². The van der Waals surface area contributed by atoms with Crippen molar-refractivity contribution in [2.75, 3.05) is 18.9 Å². The second kappa shape index (κ2) is 9.20. The number of carbonyl (C=O) groups is 1. The second-order valence-corrected chi connectivity index (χ2v) is 9.82. The van der Waals surface area contributed by atoms with Gasteiger partial charge in [-0.3, -0.25) is 4.72 Å². The zero-order chi connectivity index (χ0) is 21.9. The first-order valence-electron chi connectivity index (χ1n) is 8.86. The van der Waals surface area contributed by atoms with Crippen LogP contribution >= 0.6 is 27.3 Å². The van der Waals surface area contributed by atoms with Crippen molar-refractivity contribution in [2.45, 2.75) is 18.2 Å². The van der Waals surface area contributed by atoms with Gasteiger partial charge in [-0.25, -0.2) is 13.2 Å². The van der Waals surface area contributed by atoms with E-state index in [0.29, 0.717) is 23.4 Å². The topological polar surface area (TPSA) is 81.7 Å². The van der Waals surface area contributed by atoms with Gasteiger partial charge in [0, 0.05) is 10.9 Å².